The molecule has 0 N–H and O–H groups in total. The predicted molar refractivity (Wildman–Crippen MR) is 281 cm³/mol. The summed E-state index contributed by atoms with van der Waals surface area (Å²) >= 11 is 0. The molecule has 0 aliphatic carbocycles. The third-order valence-electron chi connectivity index (χ3n) is 13.5. The first-order valence-electron chi connectivity index (χ1n) is 23.4. The summed E-state index contributed by atoms with van der Waals surface area (Å²) in [6.45, 7) is 33.0. The Labute approximate surface area is 401 Å². The van der Waals surface area contributed by atoms with Crippen LogP contribution in [0.1, 0.15) is 171 Å². The van der Waals surface area contributed by atoms with E-state index in [1.807, 2.05) is 0 Å². The number of unbranched alkanes of at least 4 members (excludes halogenated alkanes) is 6. The molecule has 62 heavy (non-hydrogen) atoms. The van der Waals surface area contributed by atoms with Crippen LogP contribution in [0.15, 0.2) is 97.1 Å². The standard InChI is InChI=1S/C58H78Si.2CH3.Hf/c1-15-17-19-21-29-59(30-22-20-18-16-2,49-35-41-25-23-27-51(53(41)39-49)43-31-45(55(3,4)5)37-46(32-43)56(6,7)8)50-36-42-26-24-28-52(54(42)40-50)44-33-47(57(9,10)11)38-48(34-44)58(12,13)14;;;/h23-28,31-40H,15-22,29-30H2,1-14H3;2*1H3;/q-2;2*-1;+4. The van der Waals surface area contributed by atoms with Crippen molar-refractivity contribution in [1.29, 1.82) is 0 Å². The van der Waals surface area contributed by atoms with Crippen molar-refractivity contribution in [1.82, 2.24) is 0 Å². The van der Waals surface area contributed by atoms with Crippen molar-refractivity contribution >= 4 is 40.0 Å². The molecule has 2 heteroatoms. The maximum absolute atomic E-state index is 2.69. The quantitative estimate of drug-likeness (QED) is 0.0579. The second-order valence-corrected chi connectivity index (χ2v) is 26.7. The molecule has 0 nitrogen and oxygen atoms in total. The summed E-state index contributed by atoms with van der Waals surface area (Å²) in [5.41, 5.74) is 11.4. The number of hydrogen-bond donors (Lipinski definition) is 0. The van der Waals surface area contributed by atoms with Gasteiger partial charge in [0.15, 0.2) is 0 Å². The van der Waals surface area contributed by atoms with Gasteiger partial charge in [-0.25, -0.2) is 0 Å². The molecular formula is C60H84HfSi. The number of benzene rings is 4. The monoisotopic (exact) mass is 1010 g/mol. The van der Waals surface area contributed by atoms with Crippen molar-refractivity contribution < 1.29 is 25.8 Å². The van der Waals surface area contributed by atoms with Crippen LogP contribution in [0.2, 0.25) is 12.1 Å². The minimum absolute atomic E-state index is 0. The van der Waals surface area contributed by atoms with Gasteiger partial charge in [0.25, 0.3) is 0 Å². The van der Waals surface area contributed by atoms with Gasteiger partial charge < -0.3 is 14.9 Å². The Kier molecular flexibility index (Phi) is 18.1. The third kappa shape index (κ3) is 11.9. The first-order valence-corrected chi connectivity index (χ1v) is 25.8. The zero-order chi connectivity index (χ0) is 43.0. The molecule has 6 aromatic rings. The smallest absolute Gasteiger partial charge is 0.358 e. The molecule has 0 saturated carbocycles. The largest absolute Gasteiger partial charge is 4.00 e. The van der Waals surface area contributed by atoms with Crippen LogP contribution in [0, 0.1) is 14.9 Å². The second kappa shape index (κ2) is 21.0. The maximum atomic E-state index is 2.69. The Morgan fingerprint density at radius 1 is 0.419 bits per heavy atom. The number of rotatable bonds is 14. The summed E-state index contributed by atoms with van der Waals surface area (Å²) in [6, 6.07) is 42.4. The Morgan fingerprint density at radius 2 is 0.742 bits per heavy atom. The van der Waals surface area contributed by atoms with E-state index >= 15 is 0 Å². The van der Waals surface area contributed by atoms with Gasteiger partial charge in [-0.3, -0.25) is 0 Å². The minimum atomic E-state index is -2.22. The normalized spacial score (nSPS) is 12.6. The third-order valence-corrected chi connectivity index (χ3v) is 18.7. The summed E-state index contributed by atoms with van der Waals surface area (Å²) in [6.07, 6.45) is 10.4. The number of hydrogen-bond acceptors (Lipinski definition) is 0. The Morgan fingerprint density at radius 3 is 1.03 bits per heavy atom. The van der Waals surface area contributed by atoms with E-state index in [1.54, 1.807) is 10.4 Å². The van der Waals surface area contributed by atoms with Crippen LogP contribution in [0.4, 0.5) is 0 Å². The topological polar surface area (TPSA) is 0 Å². The fourth-order valence-corrected chi connectivity index (χ4v) is 14.5. The van der Waals surface area contributed by atoms with Crippen molar-refractivity contribution in [2.24, 2.45) is 0 Å². The van der Waals surface area contributed by atoms with Crippen molar-refractivity contribution in [3.05, 3.63) is 134 Å². The van der Waals surface area contributed by atoms with E-state index in [-0.39, 0.29) is 62.4 Å². The molecule has 0 aliphatic heterocycles. The van der Waals surface area contributed by atoms with Crippen molar-refractivity contribution in [2.75, 3.05) is 0 Å². The van der Waals surface area contributed by atoms with E-state index < -0.39 is 8.07 Å². The molecule has 0 bridgehead atoms. The Bertz CT molecular complexity index is 2120. The van der Waals surface area contributed by atoms with Gasteiger partial charge in [0.2, 0.25) is 0 Å². The summed E-state index contributed by atoms with van der Waals surface area (Å²) in [7, 11) is -2.22. The average molecular weight is 1010 g/mol. The first kappa shape index (κ1) is 53.5. The zero-order valence-electron chi connectivity index (χ0n) is 42.3. The maximum Gasteiger partial charge on any atom is 4.00 e. The van der Waals surface area contributed by atoms with E-state index in [1.165, 1.54) is 130 Å². The Hall–Kier alpha value is -2.81. The van der Waals surface area contributed by atoms with Crippen LogP contribution in [0.25, 0.3) is 43.8 Å². The molecular weight excluding hydrogens is 927 g/mol. The molecule has 0 unspecified atom stereocenters. The minimum Gasteiger partial charge on any atom is -0.358 e. The number of fused-ring (bicyclic) bond motifs is 2. The van der Waals surface area contributed by atoms with E-state index in [0.29, 0.717) is 0 Å². The van der Waals surface area contributed by atoms with Gasteiger partial charge in [0, 0.05) is 0 Å². The van der Waals surface area contributed by atoms with Crippen LogP contribution in [0.5, 0.6) is 0 Å². The Balaban J connectivity index is 0.00000341. The average Bonchev–Trinajstić information content (AvgIpc) is 3.81. The van der Waals surface area contributed by atoms with Crippen LogP contribution in [0.3, 0.4) is 0 Å². The van der Waals surface area contributed by atoms with Gasteiger partial charge in [-0.05, 0) is 55.0 Å². The van der Waals surface area contributed by atoms with E-state index in [9.17, 15) is 0 Å². The van der Waals surface area contributed by atoms with Gasteiger partial charge in [0.05, 0.1) is 8.07 Å². The molecule has 332 valence electrons. The van der Waals surface area contributed by atoms with Crippen molar-refractivity contribution in [2.45, 2.75) is 182 Å². The van der Waals surface area contributed by atoms with Crippen LogP contribution in [-0.2, 0) is 47.5 Å². The van der Waals surface area contributed by atoms with Gasteiger partial charge in [-0.2, -0.15) is 12.1 Å². The molecule has 0 amide bonds. The summed E-state index contributed by atoms with van der Waals surface area (Å²) in [5.74, 6) is 0. The van der Waals surface area contributed by atoms with Crippen LogP contribution < -0.4 is 10.4 Å². The molecule has 6 rings (SSSR count). The van der Waals surface area contributed by atoms with Crippen molar-refractivity contribution in [3.8, 4) is 22.3 Å². The first-order chi connectivity index (χ1) is 27.7. The molecule has 0 heterocycles. The van der Waals surface area contributed by atoms with Gasteiger partial charge in [0.1, 0.15) is 0 Å². The fourth-order valence-electron chi connectivity index (χ4n) is 9.40. The summed E-state index contributed by atoms with van der Waals surface area (Å²) < 4.78 is 0. The molecule has 0 fully saturated rings. The van der Waals surface area contributed by atoms with Crippen molar-refractivity contribution in [3.63, 3.8) is 0 Å². The van der Waals surface area contributed by atoms with E-state index in [4.69, 9.17) is 0 Å². The SMILES string of the molecule is CCCCCC[Si](CCCCCC)(c1cc2c(-c3cc(C(C)(C)C)cc(C(C)(C)C)c3)cccc2[cH-]1)c1cc2c(-c3cc(C(C)(C)C)cc(C(C)(C)C)c3)cccc2[cH-]1.[CH3-].[CH3-].[Hf+4]. The molecule has 0 spiro atoms. The van der Waals surface area contributed by atoms with E-state index in [0.717, 1.165) is 0 Å². The molecule has 6 aromatic carbocycles. The zero-order valence-corrected chi connectivity index (χ0v) is 46.9. The predicted octanol–water partition coefficient (Wildman–Crippen LogP) is 17.6. The van der Waals surface area contributed by atoms with Gasteiger partial charge in [-0.1, -0.05) is 220 Å². The molecule has 0 aliphatic rings. The molecule has 0 atom stereocenters. The summed E-state index contributed by atoms with van der Waals surface area (Å²) in [5, 5.41) is 8.96. The second-order valence-electron chi connectivity index (χ2n) is 22.4. The fraction of sp³-hybridized carbons (Fsp3) is 0.467. The molecule has 0 aromatic heterocycles. The molecule has 0 radical (unpaired) electrons. The molecule has 0 saturated heterocycles. The van der Waals surface area contributed by atoms with Crippen LogP contribution >= 0.6 is 0 Å². The summed E-state index contributed by atoms with van der Waals surface area (Å²) in [4.78, 5) is 0. The van der Waals surface area contributed by atoms with Gasteiger partial charge >= 0.3 is 25.8 Å². The van der Waals surface area contributed by atoms with Crippen LogP contribution in [-0.4, -0.2) is 8.07 Å². The van der Waals surface area contributed by atoms with E-state index in [2.05, 4.69) is 194 Å². The van der Waals surface area contributed by atoms with Gasteiger partial charge in [-0.15, -0.1) is 68.3 Å².